The maximum atomic E-state index is 11.7. The minimum atomic E-state index is 0. The molecule has 4 heterocycles. The van der Waals surface area contributed by atoms with Crippen LogP contribution in [0.1, 0.15) is 346 Å². The number of ketones is 4. The van der Waals surface area contributed by atoms with Crippen molar-refractivity contribution in [3.8, 4) is 45.0 Å². The van der Waals surface area contributed by atoms with Gasteiger partial charge in [-0.1, -0.05) is 261 Å². The second kappa shape index (κ2) is 69.8. The van der Waals surface area contributed by atoms with Gasteiger partial charge in [0.15, 0.2) is 23.1 Å². The summed E-state index contributed by atoms with van der Waals surface area (Å²) in [5.74, 6) is 3.89. The zero-order valence-corrected chi connectivity index (χ0v) is 103. The molecule has 8 aromatic carbocycles. The van der Waals surface area contributed by atoms with E-state index in [1.807, 2.05) is 129 Å². The number of aromatic nitrogens is 8. The molecule has 0 atom stereocenters. The molecule has 4 N–H and O–H groups in total. The van der Waals surface area contributed by atoms with Crippen LogP contribution in [-0.2, 0) is 99.6 Å². The van der Waals surface area contributed by atoms with Gasteiger partial charge in [-0.3, -0.25) is 39.1 Å². The Kier molecular flexibility index (Phi) is 63.5. The van der Waals surface area contributed by atoms with Crippen LogP contribution in [0.2, 0.25) is 0 Å². The Morgan fingerprint density at radius 2 is 0.531 bits per heavy atom. The van der Waals surface area contributed by atoms with Crippen molar-refractivity contribution < 1.29 is 120 Å². The fourth-order valence-electron chi connectivity index (χ4n) is 18.5. The topological polar surface area (TPSA) is 252 Å². The first-order valence-corrected chi connectivity index (χ1v) is 53.2. The van der Waals surface area contributed by atoms with Crippen molar-refractivity contribution in [3.63, 3.8) is 0 Å². The van der Waals surface area contributed by atoms with Crippen molar-refractivity contribution in [2.45, 2.75) is 340 Å². The van der Waals surface area contributed by atoms with Gasteiger partial charge in [0, 0.05) is 152 Å². The number of nitrogens with zero attached hydrogens (tertiary/aromatic N) is 8. The van der Waals surface area contributed by atoms with E-state index in [-0.39, 0.29) is 174 Å². The summed E-state index contributed by atoms with van der Waals surface area (Å²) in [4.78, 5) is 82.5. The normalized spacial score (nSPS) is 12.1. The summed E-state index contributed by atoms with van der Waals surface area (Å²) in [6, 6.07) is 58.4. The predicted molar refractivity (Wildman–Crippen MR) is 598 cm³/mol. The summed E-state index contributed by atoms with van der Waals surface area (Å²) in [7, 11) is 0. The molecule has 804 valence electrons. The molecule has 0 saturated heterocycles. The van der Waals surface area contributed by atoms with Crippen molar-refractivity contribution in [2.75, 3.05) is 0 Å². The Balaban J connectivity index is 0.000000569. The van der Waals surface area contributed by atoms with Crippen LogP contribution in [0, 0.1) is 127 Å². The molecule has 0 amide bonds. The molecule has 0 spiro atoms. The van der Waals surface area contributed by atoms with Crippen molar-refractivity contribution in [2.24, 2.45) is 47.3 Å². The number of aryl methyl sites for hydroxylation is 8. The molecule has 0 unspecified atom stereocenters. The summed E-state index contributed by atoms with van der Waals surface area (Å²) < 4.78 is 0. The molecule has 1 aliphatic rings. The first-order valence-electron chi connectivity index (χ1n) is 53.2. The second-order valence-corrected chi connectivity index (χ2v) is 39.0. The van der Waals surface area contributed by atoms with Crippen LogP contribution < -0.4 is 0 Å². The van der Waals surface area contributed by atoms with E-state index in [4.69, 9.17) is 0 Å². The first kappa shape index (κ1) is 134. The number of hydrogen-bond acceptors (Lipinski definition) is 16. The van der Waals surface area contributed by atoms with Gasteiger partial charge in [-0.15, -0.1) is 140 Å². The third-order valence-corrected chi connectivity index (χ3v) is 27.6. The van der Waals surface area contributed by atoms with Crippen molar-refractivity contribution in [1.82, 2.24) is 39.9 Å². The molecule has 147 heavy (non-hydrogen) atoms. The summed E-state index contributed by atoms with van der Waals surface area (Å²) in [5, 5.41) is 43.4. The largest absolute Gasteiger partial charge is 0.512 e. The van der Waals surface area contributed by atoms with Gasteiger partial charge in [-0.2, -0.15) is 0 Å². The quantitative estimate of drug-likeness (QED) is 0.0164. The SMILES string of the molecule is CCC(CC)C(=O)C=C(O)C(CC)CC.CCC(CC)C(=O)C=C(O)C(CC)CC.CCC(CC)C(=O)C=C(O)C(CC)CC.CCC(CC)C(=O)C=C(O)C(CC)CC.Cc1[c-]c(-c2ncnc3cc(C(C)C)ccc23)cc(C)c1.Cc1[c-]c(-c2ncnc3cc(C4CCCC4)ccc23)cc(C)c1.Cc1[c-]c(-c2ncnc3ccc(C(C)C)cc23)cc(C)c1.Cc1[c-]c(-c2ncnc3ccccc23)cc(C)c1.[Ir].[Ir].[Ir].[Ir]. The Morgan fingerprint density at radius 3 is 0.816 bits per heavy atom. The number of aliphatic hydroxyl groups excluding tert-OH is 4. The van der Waals surface area contributed by atoms with Gasteiger partial charge in [0.25, 0.3) is 0 Å². The van der Waals surface area contributed by atoms with E-state index in [9.17, 15) is 39.6 Å². The van der Waals surface area contributed by atoms with E-state index in [2.05, 4.69) is 256 Å². The average Bonchev–Trinajstić information content (AvgIpc) is 1.06. The maximum Gasteiger partial charge on any atom is 0.162 e. The van der Waals surface area contributed by atoms with Crippen LogP contribution in [0.3, 0.4) is 0 Å². The molecule has 0 aliphatic heterocycles. The van der Waals surface area contributed by atoms with Crippen LogP contribution in [0.15, 0.2) is 200 Å². The minimum Gasteiger partial charge on any atom is -0.512 e. The number of para-hydroxylation sites is 1. The molecule has 13 rings (SSSR count). The zero-order valence-electron chi connectivity index (χ0n) is 93.1. The van der Waals surface area contributed by atoms with Crippen molar-refractivity contribution >= 4 is 66.7 Å². The number of carbonyl (C=O) groups excluding carboxylic acids is 4. The monoisotopic (exact) mass is 2710 g/mol. The molecule has 12 aromatic rings. The van der Waals surface area contributed by atoms with Crippen LogP contribution in [0.4, 0.5) is 0 Å². The standard InChI is InChI=1S/C21H21N2.2C19H19N2.C16H13N2.4C13H24O2.4Ir/c1-14-9-15(2)11-18(10-14)21-19-8-7-17(16-5-3-4-6-16)12-20(19)22-13-23-21;1-12(2)15-5-6-18-17(10-15)19(21-11-20-18)16-8-13(3)7-14(4)9-16;1-12(2)15-5-6-17-18(10-15)20-11-21-19(17)16-8-13(3)7-14(4)9-16;1-11-7-12(2)9-13(8-11)16-14-5-3-4-6-15(14)17-10-18-16;4*1-5-10(6-2)12(14)9-13(15)11(7-3)8-4;;;;/h7-10,12-13,16H,3-6H2,1-2H3;2*5-8,10-12H,1-4H3;3-8,10H,1-2H3;4*9-11,14H,5-8H2,1-4H3;;;;/q4*-1;;;;;;;;. The van der Waals surface area contributed by atoms with Gasteiger partial charge in [0.05, 0.1) is 45.1 Å². The van der Waals surface area contributed by atoms with Crippen LogP contribution in [-0.4, -0.2) is 83.4 Å². The predicted octanol–water partition coefficient (Wildman–Crippen LogP) is 34.2. The molecule has 4 aromatic heterocycles. The van der Waals surface area contributed by atoms with Gasteiger partial charge < -0.3 is 20.4 Å². The number of rotatable bonds is 35. The molecular weight excluding hydrogens is 2530 g/mol. The number of hydrogen-bond donors (Lipinski definition) is 4. The van der Waals surface area contributed by atoms with Crippen molar-refractivity contribution in [3.05, 3.63) is 286 Å². The number of benzene rings is 8. The van der Waals surface area contributed by atoms with Gasteiger partial charge in [0.1, 0.15) is 25.3 Å². The van der Waals surface area contributed by atoms with E-state index in [0.717, 1.165) is 214 Å². The Bertz CT molecular complexity index is 5890. The van der Waals surface area contributed by atoms with Gasteiger partial charge >= 0.3 is 0 Å². The summed E-state index contributed by atoms with van der Waals surface area (Å²) >= 11 is 0. The third-order valence-electron chi connectivity index (χ3n) is 27.6. The average molecular weight is 2700 g/mol. The summed E-state index contributed by atoms with van der Waals surface area (Å²) in [5.41, 5.74) is 25.6. The molecule has 1 fully saturated rings. The van der Waals surface area contributed by atoms with Gasteiger partial charge in [-0.05, 0) is 219 Å². The summed E-state index contributed by atoms with van der Waals surface area (Å²) in [6.07, 6.45) is 31.5. The van der Waals surface area contributed by atoms with E-state index < -0.39 is 0 Å². The van der Waals surface area contributed by atoms with Crippen LogP contribution >= 0.6 is 0 Å². The molecule has 16 nitrogen and oxygen atoms in total. The Labute approximate surface area is 936 Å². The zero-order chi connectivity index (χ0) is 106. The molecule has 0 bridgehead atoms. The molecule has 1 saturated carbocycles. The van der Waals surface area contributed by atoms with Gasteiger partial charge in [-0.25, -0.2) is 19.9 Å². The Morgan fingerprint density at radius 1 is 0.286 bits per heavy atom. The first-order chi connectivity index (χ1) is 68.4. The third kappa shape index (κ3) is 41.7. The Hall–Kier alpha value is -9.44. The number of carbonyl (C=O) groups is 4. The molecule has 4 radical (unpaired) electrons. The number of allylic oxidation sites excluding steroid dienone is 8. The number of fused-ring (bicyclic) bond motifs is 4. The summed E-state index contributed by atoms with van der Waals surface area (Å²) in [6.45, 7) is 57.8. The number of aliphatic hydroxyl groups is 4. The van der Waals surface area contributed by atoms with E-state index >= 15 is 0 Å². The smallest absolute Gasteiger partial charge is 0.162 e. The molecular formula is C127H168Ir4N8O8-4. The van der Waals surface area contributed by atoms with Crippen LogP contribution in [0.5, 0.6) is 0 Å². The van der Waals surface area contributed by atoms with E-state index in [1.165, 1.54) is 88.9 Å². The van der Waals surface area contributed by atoms with E-state index in [1.54, 1.807) is 25.3 Å². The minimum absolute atomic E-state index is 0. The van der Waals surface area contributed by atoms with Crippen molar-refractivity contribution in [1.29, 1.82) is 0 Å². The van der Waals surface area contributed by atoms with Gasteiger partial charge in [0.2, 0.25) is 0 Å². The fraction of sp³-hybridized carbons (Fsp3) is 0.465. The van der Waals surface area contributed by atoms with E-state index in [0.29, 0.717) is 17.8 Å². The second-order valence-electron chi connectivity index (χ2n) is 39.0. The molecule has 20 heteroatoms. The maximum absolute atomic E-state index is 11.7. The fourth-order valence-corrected chi connectivity index (χ4v) is 18.5. The van der Waals surface area contributed by atoms with Crippen LogP contribution in [0.25, 0.3) is 88.6 Å². The molecule has 1 aliphatic carbocycles.